The topological polar surface area (TPSA) is 35.2 Å². The van der Waals surface area contributed by atoms with Crippen molar-refractivity contribution in [3.63, 3.8) is 0 Å². The van der Waals surface area contributed by atoms with Gasteiger partial charge < -0.3 is 10.5 Å². The molecule has 20 heavy (non-hydrogen) atoms. The first-order valence-corrected chi connectivity index (χ1v) is 9.25. The van der Waals surface area contributed by atoms with Crippen LogP contribution in [-0.2, 0) is 4.74 Å². The molecule has 2 N–H and O–H groups in total. The maximum Gasteiger partial charge on any atom is 0.124 e. The normalized spacial score (nSPS) is 31.6. The van der Waals surface area contributed by atoms with Crippen molar-refractivity contribution in [2.24, 2.45) is 11.7 Å². The van der Waals surface area contributed by atoms with Gasteiger partial charge in [0, 0.05) is 22.0 Å². The molecule has 0 aromatic heterocycles. The fraction of sp³-hybridized carbons (Fsp3) is 0.600. The number of hydrogen-bond acceptors (Lipinski definition) is 3. The largest absolute Gasteiger partial charge is 0.374 e. The lowest BCUT2D eigenvalue weighted by Crippen LogP contribution is -2.42. The molecule has 3 atom stereocenters. The second-order valence-corrected chi connectivity index (χ2v) is 8.05. The van der Waals surface area contributed by atoms with Gasteiger partial charge in [0.05, 0.1) is 5.60 Å². The number of nitrogens with two attached hydrogens (primary N) is 1. The lowest BCUT2D eigenvalue weighted by atomic mass is 9.79. The average molecular weight is 407 g/mol. The number of benzene rings is 1. The summed E-state index contributed by atoms with van der Waals surface area (Å²) >= 11 is 4.16. The summed E-state index contributed by atoms with van der Waals surface area (Å²) in [6.45, 7) is 0.802. The van der Waals surface area contributed by atoms with Crippen LogP contribution in [0.4, 0.5) is 4.39 Å². The lowest BCUT2D eigenvalue weighted by molar-refractivity contribution is -0.0834. The quantitative estimate of drug-likeness (QED) is 0.759. The third-order valence-corrected chi connectivity index (χ3v) is 6.58. The Hall–Kier alpha value is 0.150. The van der Waals surface area contributed by atoms with Crippen molar-refractivity contribution < 1.29 is 9.13 Å². The Morgan fingerprint density at radius 1 is 1.50 bits per heavy atom. The van der Waals surface area contributed by atoms with E-state index in [0.717, 1.165) is 40.8 Å². The van der Waals surface area contributed by atoms with Crippen LogP contribution in [0.5, 0.6) is 0 Å². The molecule has 3 rings (SSSR count). The highest BCUT2D eigenvalue weighted by Crippen LogP contribution is 2.43. The third kappa shape index (κ3) is 3.00. The van der Waals surface area contributed by atoms with Gasteiger partial charge in [0.25, 0.3) is 0 Å². The van der Waals surface area contributed by atoms with E-state index in [1.165, 1.54) is 11.8 Å². The monoisotopic (exact) mass is 407 g/mol. The van der Waals surface area contributed by atoms with Crippen molar-refractivity contribution in [3.05, 3.63) is 33.1 Å². The van der Waals surface area contributed by atoms with Crippen molar-refractivity contribution in [1.29, 1.82) is 0 Å². The highest BCUT2D eigenvalue weighted by molar-refractivity contribution is 14.1. The van der Waals surface area contributed by atoms with Gasteiger partial charge in [-0.2, -0.15) is 11.8 Å². The molecular formula is C15H19FINOS. The van der Waals surface area contributed by atoms with Crippen LogP contribution in [-0.4, -0.2) is 23.7 Å². The van der Waals surface area contributed by atoms with Crippen LogP contribution in [0.1, 0.15) is 30.9 Å². The minimum atomic E-state index is -0.194. The summed E-state index contributed by atoms with van der Waals surface area (Å²) in [6.07, 6.45) is 3.18. The van der Waals surface area contributed by atoms with E-state index in [-0.39, 0.29) is 17.5 Å². The van der Waals surface area contributed by atoms with Crippen molar-refractivity contribution in [1.82, 2.24) is 0 Å². The molecule has 2 nitrogen and oxygen atoms in total. The predicted molar refractivity (Wildman–Crippen MR) is 89.4 cm³/mol. The summed E-state index contributed by atoms with van der Waals surface area (Å²) in [7, 11) is 0. The molecule has 0 saturated carbocycles. The summed E-state index contributed by atoms with van der Waals surface area (Å²) in [5.74, 6) is 2.52. The minimum Gasteiger partial charge on any atom is -0.374 e. The number of hydrogen-bond donors (Lipinski definition) is 1. The fourth-order valence-electron chi connectivity index (χ4n) is 3.26. The fourth-order valence-corrected chi connectivity index (χ4v) is 5.48. The van der Waals surface area contributed by atoms with E-state index < -0.39 is 0 Å². The highest BCUT2D eigenvalue weighted by atomic mass is 127. The second-order valence-electron chi connectivity index (χ2n) is 5.78. The zero-order chi connectivity index (χ0) is 14.2. The summed E-state index contributed by atoms with van der Waals surface area (Å²) in [5, 5.41) is 0. The standard InChI is InChI=1S/C15H19FINOS/c16-11-1-2-12(13(17)7-11)14(18)10-3-5-19-15(8-10)4-6-20-9-15/h1-2,7,10,14H,3-6,8-9,18H2. The van der Waals surface area contributed by atoms with E-state index in [4.69, 9.17) is 10.5 Å². The van der Waals surface area contributed by atoms with E-state index in [2.05, 4.69) is 22.6 Å². The molecule has 2 heterocycles. The van der Waals surface area contributed by atoms with Crippen LogP contribution in [0.2, 0.25) is 0 Å². The van der Waals surface area contributed by atoms with Gasteiger partial charge in [-0.15, -0.1) is 0 Å². The Kier molecular flexibility index (Phi) is 4.60. The number of ether oxygens (including phenoxy) is 1. The summed E-state index contributed by atoms with van der Waals surface area (Å²) in [6, 6.07) is 4.90. The first kappa shape index (κ1) is 15.1. The third-order valence-electron chi connectivity index (χ3n) is 4.43. The highest BCUT2D eigenvalue weighted by Gasteiger charge is 2.42. The van der Waals surface area contributed by atoms with Gasteiger partial charge in [-0.1, -0.05) is 6.07 Å². The minimum absolute atomic E-state index is 0.0196. The van der Waals surface area contributed by atoms with E-state index >= 15 is 0 Å². The Morgan fingerprint density at radius 2 is 2.35 bits per heavy atom. The molecule has 2 saturated heterocycles. The summed E-state index contributed by atoms with van der Waals surface area (Å²) in [5.41, 5.74) is 7.60. The Bertz CT molecular complexity index is 493. The molecule has 2 aliphatic heterocycles. The van der Waals surface area contributed by atoms with E-state index in [1.807, 2.05) is 17.8 Å². The van der Waals surface area contributed by atoms with Crippen molar-refractivity contribution in [2.45, 2.75) is 30.9 Å². The molecule has 1 spiro atoms. The van der Waals surface area contributed by atoms with Crippen molar-refractivity contribution in [2.75, 3.05) is 18.1 Å². The van der Waals surface area contributed by atoms with Gasteiger partial charge in [0.1, 0.15) is 5.82 Å². The Morgan fingerprint density at radius 3 is 3.05 bits per heavy atom. The number of thioether (sulfide) groups is 1. The maximum atomic E-state index is 13.2. The number of rotatable bonds is 2. The van der Waals surface area contributed by atoms with E-state index in [1.54, 1.807) is 6.07 Å². The van der Waals surface area contributed by atoms with Crippen molar-refractivity contribution in [3.8, 4) is 0 Å². The Labute approximate surface area is 137 Å². The molecule has 3 unspecified atom stereocenters. The first-order valence-electron chi connectivity index (χ1n) is 7.02. The van der Waals surface area contributed by atoms with Crippen LogP contribution in [0, 0.1) is 15.3 Å². The van der Waals surface area contributed by atoms with Gasteiger partial charge in [-0.25, -0.2) is 4.39 Å². The van der Waals surface area contributed by atoms with E-state index in [9.17, 15) is 4.39 Å². The lowest BCUT2D eigenvalue weighted by Gasteiger charge is -2.40. The molecule has 0 bridgehead atoms. The first-order chi connectivity index (χ1) is 9.60. The second kappa shape index (κ2) is 6.10. The zero-order valence-electron chi connectivity index (χ0n) is 11.3. The molecule has 0 radical (unpaired) electrons. The van der Waals surface area contributed by atoms with Crippen LogP contribution in [0.3, 0.4) is 0 Å². The van der Waals surface area contributed by atoms with Gasteiger partial charge in [-0.3, -0.25) is 0 Å². The molecule has 5 heteroatoms. The molecule has 0 amide bonds. The molecule has 110 valence electrons. The predicted octanol–water partition coefficient (Wildman–Crippen LogP) is 3.73. The van der Waals surface area contributed by atoms with Crippen LogP contribution >= 0.6 is 34.4 Å². The molecular weight excluding hydrogens is 388 g/mol. The summed E-state index contributed by atoms with van der Waals surface area (Å²) < 4.78 is 20.2. The van der Waals surface area contributed by atoms with Gasteiger partial charge >= 0.3 is 0 Å². The SMILES string of the molecule is NC(c1ccc(F)cc1I)C1CCOC2(CCSC2)C1. The molecule has 1 aromatic carbocycles. The number of halogens is 2. The van der Waals surface area contributed by atoms with Crippen LogP contribution < -0.4 is 5.73 Å². The molecule has 2 fully saturated rings. The van der Waals surface area contributed by atoms with Crippen LogP contribution in [0.25, 0.3) is 0 Å². The van der Waals surface area contributed by atoms with E-state index in [0.29, 0.717) is 5.92 Å². The summed E-state index contributed by atoms with van der Waals surface area (Å²) in [4.78, 5) is 0. The molecule has 1 aromatic rings. The molecule has 2 aliphatic rings. The molecule has 0 aliphatic carbocycles. The smallest absolute Gasteiger partial charge is 0.124 e. The van der Waals surface area contributed by atoms with Gasteiger partial charge in [-0.05, 0) is 71.2 Å². The maximum absolute atomic E-state index is 13.2. The van der Waals surface area contributed by atoms with Gasteiger partial charge in [0.2, 0.25) is 0 Å². The van der Waals surface area contributed by atoms with Crippen molar-refractivity contribution >= 4 is 34.4 Å². The average Bonchev–Trinajstić information content (AvgIpc) is 2.86. The van der Waals surface area contributed by atoms with Crippen LogP contribution in [0.15, 0.2) is 18.2 Å². The zero-order valence-corrected chi connectivity index (χ0v) is 14.3. The Balaban J connectivity index is 1.77. The van der Waals surface area contributed by atoms with Gasteiger partial charge in [0.15, 0.2) is 0 Å².